The fourth-order valence-corrected chi connectivity index (χ4v) is 5.10. The third kappa shape index (κ3) is 5.22. The number of thioether (sulfide) groups is 1. The van der Waals surface area contributed by atoms with Crippen molar-refractivity contribution >= 4 is 29.3 Å². The predicted octanol–water partition coefficient (Wildman–Crippen LogP) is 4.99. The van der Waals surface area contributed by atoms with Crippen molar-refractivity contribution in [2.45, 2.75) is 31.6 Å². The van der Waals surface area contributed by atoms with Crippen LogP contribution >= 0.6 is 11.8 Å². The van der Waals surface area contributed by atoms with Gasteiger partial charge in [-0.1, -0.05) is 91.5 Å². The van der Waals surface area contributed by atoms with Gasteiger partial charge in [0.1, 0.15) is 16.7 Å². The van der Waals surface area contributed by atoms with Gasteiger partial charge in [-0.05, 0) is 41.7 Å². The van der Waals surface area contributed by atoms with Crippen LogP contribution in [0.15, 0.2) is 95.5 Å². The maximum Gasteiger partial charge on any atom is 0.264 e. The lowest BCUT2D eigenvalue weighted by molar-refractivity contribution is -0.117. The summed E-state index contributed by atoms with van der Waals surface area (Å²) in [7, 11) is 0. The van der Waals surface area contributed by atoms with E-state index in [1.54, 1.807) is 0 Å². The molecular formula is C28H25N3O2S. The van der Waals surface area contributed by atoms with Crippen LogP contribution in [0.4, 0.5) is 5.69 Å². The number of hydrogen-bond acceptors (Lipinski definition) is 4. The van der Waals surface area contributed by atoms with Crippen LogP contribution in [0.25, 0.3) is 0 Å². The fraction of sp³-hybridized carbons (Fsp3) is 0.179. The Labute approximate surface area is 204 Å². The summed E-state index contributed by atoms with van der Waals surface area (Å²) in [5.74, 6) is -0.620. The van der Waals surface area contributed by atoms with Gasteiger partial charge in [-0.2, -0.15) is 5.26 Å². The van der Waals surface area contributed by atoms with Crippen LogP contribution in [0.5, 0.6) is 0 Å². The fourth-order valence-electron chi connectivity index (χ4n) is 3.79. The lowest BCUT2D eigenvalue weighted by atomic mass is 10.1. The maximum atomic E-state index is 13.5. The average Bonchev–Trinajstić information content (AvgIpc) is 3.20. The van der Waals surface area contributed by atoms with Gasteiger partial charge < -0.3 is 5.32 Å². The molecule has 1 N–H and O–H groups in total. The molecule has 0 unspecified atom stereocenters. The number of benzene rings is 3. The maximum absolute atomic E-state index is 13.5. The molecule has 1 fully saturated rings. The second kappa shape index (κ2) is 10.9. The molecule has 0 aromatic heterocycles. The number of hydrogen-bond donors (Lipinski definition) is 1. The first kappa shape index (κ1) is 23.3. The number of nitrogens with one attached hydrogen (secondary N) is 1. The number of carbonyl (C=O) groups is 2. The minimum atomic E-state index is -0.490. The summed E-state index contributed by atoms with van der Waals surface area (Å²) >= 11 is 1.28. The van der Waals surface area contributed by atoms with Crippen LogP contribution < -0.4 is 10.2 Å². The number of nitrogens with zero attached hydrogens (tertiary/aromatic N) is 2. The highest BCUT2D eigenvalue weighted by atomic mass is 32.2. The number of para-hydroxylation sites is 1. The van der Waals surface area contributed by atoms with Gasteiger partial charge in [0.15, 0.2) is 0 Å². The second-order valence-electron chi connectivity index (χ2n) is 7.95. The van der Waals surface area contributed by atoms with Crippen molar-refractivity contribution in [3.8, 4) is 6.07 Å². The van der Waals surface area contributed by atoms with Gasteiger partial charge in [0.25, 0.3) is 5.91 Å². The Morgan fingerprint density at radius 3 is 2.18 bits per heavy atom. The Morgan fingerprint density at radius 2 is 1.56 bits per heavy atom. The van der Waals surface area contributed by atoms with Crippen molar-refractivity contribution in [3.05, 3.63) is 112 Å². The molecule has 3 aromatic carbocycles. The topological polar surface area (TPSA) is 73.2 Å². The van der Waals surface area contributed by atoms with E-state index in [-0.39, 0.29) is 11.5 Å². The molecule has 3 aromatic rings. The smallest absolute Gasteiger partial charge is 0.264 e. The molecule has 34 heavy (non-hydrogen) atoms. The standard InChI is InChI=1S/C28H25N3O2S/c1-2-20-13-15-21(16-14-20)17-25-27(33)31(23-11-7-4-8-12-23)28(34-25)24(18-29)26(32)30-19-22-9-5-3-6-10-22/h3-16,25H,2,17,19H2,1H3,(H,30,32)/b28-24-/t25-/m0/s1. The van der Waals surface area contributed by atoms with Crippen LogP contribution in [0.3, 0.4) is 0 Å². The van der Waals surface area contributed by atoms with Crippen molar-refractivity contribution < 1.29 is 9.59 Å². The second-order valence-corrected chi connectivity index (χ2v) is 9.14. The quantitative estimate of drug-likeness (QED) is 0.392. The monoisotopic (exact) mass is 467 g/mol. The highest BCUT2D eigenvalue weighted by molar-refractivity contribution is 8.05. The molecule has 0 radical (unpaired) electrons. The summed E-state index contributed by atoms with van der Waals surface area (Å²) in [4.78, 5) is 28.0. The Balaban J connectivity index is 1.63. The van der Waals surface area contributed by atoms with E-state index in [9.17, 15) is 14.9 Å². The normalized spacial score (nSPS) is 16.8. The summed E-state index contributed by atoms with van der Waals surface area (Å²) in [6.45, 7) is 2.40. The molecule has 6 heteroatoms. The molecule has 4 rings (SSSR count). The van der Waals surface area contributed by atoms with E-state index >= 15 is 0 Å². The molecule has 1 atom stereocenters. The number of rotatable bonds is 7. The number of aryl methyl sites for hydroxylation is 1. The Kier molecular flexibility index (Phi) is 7.46. The summed E-state index contributed by atoms with van der Waals surface area (Å²) in [6.07, 6.45) is 1.47. The van der Waals surface area contributed by atoms with Crippen LogP contribution in [0.2, 0.25) is 0 Å². The van der Waals surface area contributed by atoms with E-state index in [1.165, 1.54) is 22.2 Å². The Hall–Kier alpha value is -3.82. The molecule has 170 valence electrons. The van der Waals surface area contributed by atoms with Gasteiger partial charge >= 0.3 is 0 Å². The molecule has 0 aliphatic carbocycles. The van der Waals surface area contributed by atoms with Crippen molar-refractivity contribution in [1.82, 2.24) is 5.32 Å². The van der Waals surface area contributed by atoms with Gasteiger partial charge in [0, 0.05) is 12.2 Å². The molecule has 1 heterocycles. The van der Waals surface area contributed by atoms with E-state index in [1.807, 2.05) is 72.8 Å². The lowest BCUT2D eigenvalue weighted by Crippen LogP contribution is -2.32. The Morgan fingerprint density at radius 1 is 0.941 bits per heavy atom. The first-order valence-corrected chi connectivity index (χ1v) is 12.1. The lowest BCUT2D eigenvalue weighted by Gasteiger charge is -2.18. The van der Waals surface area contributed by atoms with E-state index in [0.29, 0.717) is 23.7 Å². The number of carbonyl (C=O) groups excluding carboxylic acids is 2. The molecule has 0 spiro atoms. The highest BCUT2D eigenvalue weighted by Crippen LogP contribution is 2.41. The molecule has 2 amide bonds. The van der Waals surface area contributed by atoms with E-state index < -0.39 is 11.2 Å². The van der Waals surface area contributed by atoms with Crippen LogP contribution in [-0.4, -0.2) is 17.1 Å². The molecule has 1 saturated heterocycles. The summed E-state index contributed by atoms with van der Waals surface area (Å²) in [6, 6.07) is 29.0. The number of anilines is 1. The molecule has 0 saturated carbocycles. The van der Waals surface area contributed by atoms with Crippen LogP contribution in [0.1, 0.15) is 23.6 Å². The van der Waals surface area contributed by atoms with Crippen LogP contribution in [0, 0.1) is 11.3 Å². The first-order chi connectivity index (χ1) is 16.6. The van der Waals surface area contributed by atoms with Crippen molar-refractivity contribution in [3.63, 3.8) is 0 Å². The zero-order valence-electron chi connectivity index (χ0n) is 18.9. The van der Waals surface area contributed by atoms with Crippen molar-refractivity contribution in [2.24, 2.45) is 0 Å². The Bertz CT molecular complexity index is 1230. The van der Waals surface area contributed by atoms with Crippen LogP contribution in [-0.2, 0) is 29.0 Å². The molecule has 1 aliphatic heterocycles. The van der Waals surface area contributed by atoms with E-state index in [4.69, 9.17) is 0 Å². The average molecular weight is 468 g/mol. The van der Waals surface area contributed by atoms with E-state index in [2.05, 4.69) is 30.4 Å². The number of nitriles is 1. The van der Waals surface area contributed by atoms with Gasteiger partial charge in [-0.15, -0.1) is 0 Å². The summed E-state index contributed by atoms with van der Waals surface area (Å²) < 4.78 is 0. The van der Waals surface area contributed by atoms with Gasteiger partial charge in [-0.25, -0.2) is 0 Å². The van der Waals surface area contributed by atoms with E-state index in [0.717, 1.165) is 17.5 Å². The minimum absolute atomic E-state index is 0.0537. The highest BCUT2D eigenvalue weighted by Gasteiger charge is 2.40. The molecule has 1 aliphatic rings. The minimum Gasteiger partial charge on any atom is -0.347 e. The first-order valence-electron chi connectivity index (χ1n) is 11.2. The molecular weight excluding hydrogens is 442 g/mol. The van der Waals surface area contributed by atoms with Crippen molar-refractivity contribution in [1.29, 1.82) is 5.26 Å². The third-order valence-corrected chi connectivity index (χ3v) is 6.93. The van der Waals surface area contributed by atoms with Crippen molar-refractivity contribution in [2.75, 3.05) is 4.90 Å². The predicted molar refractivity (Wildman–Crippen MR) is 136 cm³/mol. The van der Waals surface area contributed by atoms with Gasteiger partial charge in [0.2, 0.25) is 5.91 Å². The summed E-state index contributed by atoms with van der Waals surface area (Å²) in [5.41, 5.74) is 3.80. The zero-order valence-corrected chi connectivity index (χ0v) is 19.7. The number of amides is 2. The van der Waals surface area contributed by atoms with Gasteiger partial charge in [-0.3, -0.25) is 14.5 Å². The molecule has 5 nitrogen and oxygen atoms in total. The SMILES string of the molecule is CCc1ccc(C[C@@H]2S/C(=C(/C#N)C(=O)NCc3ccccc3)N(c3ccccc3)C2=O)cc1. The third-order valence-electron chi connectivity index (χ3n) is 5.67. The zero-order chi connectivity index (χ0) is 23.9. The largest absolute Gasteiger partial charge is 0.347 e. The molecule has 0 bridgehead atoms. The summed E-state index contributed by atoms with van der Waals surface area (Å²) in [5, 5.41) is 12.7. The van der Waals surface area contributed by atoms with Gasteiger partial charge in [0.05, 0.1) is 5.25 Å².